The van der Waals surface area contributed by atoms with Crippen LogP contribution in [0.15, 0.2) is 53.3 Å². The van der Waals surface area contributed by atoms with Gasteiger partial charge in [0.2, 0.25) is 0 Å². The van der Waals surface area contributed by atoms with Crippen molar-refractivity contribution in [2.24, 2.45) is 0 Å². The molecular weight excluding hydrogens is 402 g/mol. The fourth-order valence-electron chi connectivity index (χ4n) is 3.55. The Labute approximate surface area is 167 Å². The summed E-state index contributed by atoms with van der Waals surface area (Å²) in [6.07, 6.45) is 2.75. The van der Waals surface area contributed by atoms with Crippen LogP contribution in [0.4, 0.5) is 5.82 Å². The van der Waals surface area contributed by atoms with E-state index in [0.717, 1.165) is 60.3 Å². The van der Waals surface area contributed by atoms with Crippen LogP contribution in [-0.2, 0) is 6.54 Å². The molecule has 3 aromatic rings. The van der Waals surface area contributed by atoms with Crippen molar-refractivity contribution >= 4 is 32.7 Å². The van der Waals surface area contributed by atoms with E-state index in [-0.39, 0.29) is 0 Å². The van der Waals surface area contributed by atoms with Crippen molar-refractivity contribution in [3.63, 3.8) is 0 Å². The van der Waals surface area contributed by atoms with Crippen LogP contribution in [0.2, 0.25) is 0 Å². The lowest BCUT2D eigenvalue weighted by Crippen LogP contribution is -2.31. The van der Waals surface area contributed by atoms with Gasteiger partial charge in [-0.1, -0.05) is 28.1 Å². The molecule has 0 radical (unpaired) electrons. The lowest BCUT2D eigenvalue weighted by molar-refractivity contribution is 0.285. The topological polar surface area (TPSA) is 56.1 Å². The molecule has 4 rings (SSSR count). The number of halogens is 1. The summed E-state index contributed by atoms with van der Waals surface area (Å²) in [5.74, 6) is 1.02. The van der Waals surface area contributed by atoms with E-state index in [4.69, 9.17) is 5.26 Å². The molecule has 136 valence electrons. The Kier molecular flexibility index (Phi) is 5.33. The Hall–Kier alpha value is -2.49. The molecular formula is C21H20BrN5. The Balaban J connectivity index is 1.49. The van der Waals surface area contributed by atoms with E-state index in [9.17, 15) is 0 Å². The average Bonchev–Trinajstić information content (AvgIpc) is 2.93. The zero-order valence-electron chi connectivity index (χ0n) is 15.0. The predicted molar refractivity (Wildman–Crippen MR) is 111 cm³/mol. The molecule has 5 nitrogen and oxygen atoms in total. The van der Waals surface area contributed by atoms with Crippen LogP contribution in [0.25, 0.3) is 10.9 Å². The maximum atomic E-state index is 8.94. The van der Waals surface area contributed by atoms with E-state index in [1.165, 1.54) is 5.56 Å². The van der Waals surface area contributed by atoms with Gasteiger partial charge in [-0.15, -0.1) is 0 Å². The standard InChI is InChI=1S/C21H20BrN5/c22-18-6-7-20-19(12-18)21(25-15-24-20)27-9-1-8-26(10-11-27)14-17-4-2-16(13-23)3-5-17/h2-7,12,15H,1,8-11,14H2. The maximum absolute atomic E-state index is 8.94. The number of nitriles is 1. The molecule has 0 unspecified atom stereocenters. The summed E-state index contributed by atoms with van der Waals surface area (Å²) in [5.41, 5.74) is 2.93. The highest BCUT2D eigenvalue weighted by Gasteiger charge is 2.18. The first-order chi connectivity index (χ1) is 13.2. The molecule has 2 heterocycles. The first kappa shape index (κ1) is 17.9. The molecule has 0 atom stereocenters. The minimum atomic E-state index is 0.711. The Bertz CT molecular complexity index is 980. The number of hydrogen-bond acceptors (Lipinski definition) is 5. The average molecular weight is 422 g/mol. The number of hydrogen-bond donors (Lipinski definition) is 0. The van der Waals surface area contributed by atoms with Gasteiger partial charge in [-0.25, -0.2) is 9.97 Å². The van der Waals surface area contributed by atoms with Crippen LogP contribution in [0, 0.1) is 11.3 Å². The van der Waals surface area contributed by atoms with Crippen LogP contribution in [-0.4, -0.2) is 41.0 Å². The van der Waals surface area contributed by atoms with Gasteiger partial charge < -0.3 is 4.90 Å². The van der Waals surface area contributed by atoms with Gasteiger partial charge in [-0.2, -0.15) is 5.26 Å². The molecule has 1 saturated heterocycles. The minimum Gasteiger partial charge on any atom is -0.355 e. The Morgan fingerprint density at radius 2 is 1.85 bits per heavy atom. The second-order valence-corrected chi connectivity index (χ2v) is 7.70. The van der Waals surface area contributed by atoms with E-state index in [0.29, 0.717) is 5.56 Å². The summed E-state index contributed by atoms with van der Waals surface area (Å²) in [6, 6.07) is 16.2. The van der Waals surface area contributed by atoms with Crippen molar-refractivity contribution in [1.82, 2.24) is 14.9 Å². The molecule has 0 saturated carbocycles. The highest BCUT2D eigenvalue weighted by Crippen LogP contribution is 2.27. The number of fused-ring (bicyclic) bond motifs is 1. The van der Waals surface area contributed by atoms with Crippen molar-refractivity contribution in [2.75, 3.05) is 31.1 Å². The van der Waals surface area contributed by atoms with E-state index < -0.39 is 0 Å². The second-order valence-electron chi connectivity index (χ2n) is 6.78. The molecule has 27 heavy (non-hydrogen) atoms. The first-order valence-electron chi connectivity index (χ1n) is 9.09. The SMILES string of the molecule is N#Cc1ccc(CN2CCCN(c3ncnc4ccc(Br)cc34)CC2)cc1. The van der Waals surface area contributed by atoms with Gasteiger partial charge in [0.15, 0.2) is 0 Å². The molecule has 1 aliphatic heterocycles. The van der Waals surface area contributed by atoms with E-state index >= 15 is 0 Å². The van der Waals surface area contributed by atoms with E-state index in [1.807, 2.05) is 24.3 Å². The molecule has 1 aromatic heterocycles. The first-order valence-corrected chi connectivity index (χ1v) is 9.89. The minimum absolute atomic E-state index is 0.711. The zero-order chi connectivity index (χ0) is 18.6. The molecule has 1 fully saturated rings. The molecule has 0 spiro atoms. The third kappa shape index (κ3) is 4.10. The number of benzene rings is 2. The quantitative estimate of drug-likeness (QED) is 0.639. The lowest BCUT2D eigenvalue weighted by Gasteiger charge is -2.23. The third-order valence-corrected chi connectivity index (χ3v) is 5.45. The van der Waals surface area contributed by atoms with Gasteiger partial charge in [-0.05, 0) is 42.3 Å². The van der Waals surface area contributed by atoms with Crippen molar-refractivity contribution in [3.05, 3.63) is 64.4 Å². The smallest absolute Gasteiger partial charge is 0.139 e. The largest absolute Gasteiger partial charge is 0.355 e. The van der Waals surface area contributed by atoms with E-state index in [1.54, 1.807) is 6.33 Å². The van der Waals surface area contributed by atoms with Gasteiger partial charge in [-0.3, -0.25) is 4.90 Å². The van der Waals surface area contributed by atoms with Crippen LogP contribution in [0.1, 0.15) is 17.5 Å². The molecule has 0 amide bonds. The highest BCUT2D eigenvalue weighted by molar-refractivity contribution is 9.10. The third-order valence-electron chi connectivity index (χ3n) is 4.95. The van der Waals surface area contributed by atoms with Crippen LogP contribution >= 0.6 is 15.9 Å². The predicted octanol–water partition coefficient (Wildman–Crippen LogP) is 3.98. The van der Waals surface area contributed by atoms with Crippen LogP contribution in [0.3, 0.4) is 0 Å². The van der Waals surface area contributed by atoms with Crippen molar-refractivity contribution in [1.29, 1.82) is 5.26 Å². The fraction of sp³-hybridized carbons (Fsp3) is 0.286. The summed E-state index contributed by atoms with van der Waals surface area (Å²) in [4.78, 5) is 13.8. The van der Waals surface area contributed by atoms with Crippen molar-refractivity contribution < 1.29 is 0 Å². The van der Waals surface area contributed by atoms with Crippen LogP contribution in [0.5, 0.6) is 0 Å². The fourth-order valence-corrected chi connectivity index (χ4v) is 3.91. The molecule has 0 aliphatic carbocycles. The number of nitrogens with zero attached hydrogens (tertiary/aromatic N) is 5. The summed E-state index contributed by atoms with van der Waals surface area (Å²) in [5, 5.41) is 10.0. The van der Waals surface area contributed by atoms with Gasteiger partial charge in [0.1, 0.15) is 12.1 Å². The highest BCUT2D eigenvalue weighted by atomic mass is 79.9. The van der Waals surface area contributed by atoms with Crippen molar-refractivity contribution in [3.8, 4) is 6.07 Å². The van der Waals surface area contributed by atoms with Crippen molar-refractivity contribution in [2.45, 2.75) is 13.0 Å². The molecule has 0 bridgehead atoms. The van der Waals surface area contributed by atoms with Crippen LogP contribution < -0.4 is 4.90 Å². The summed E-state index contributed by atoms with van der Waals surface area (Å²) in [6.45, 7) is 4.88. The summed E-state index contributed by atoms with van der Waals surface area (Å²) in [7, 11) is 0. The van der Waals surface area contributed by atoms with Gasteiger partial charge >= 0.3 is 0 Å². The zero-order valence-corrected chi connectivity index (χ0v) is 16.6. The lowest BCUT2D eigenvalue weighted by atomic mass is 10.1. The molecule has 0 N–H and O–H groups in total. The number of anilines is 1. The number of aromatic nitrogens is 2. The number of rotatable bonds is 3. The maximum Gasteiger partial charge on any atom is 0.139 e. The van der Waals surface area contributed by atoms with Gasteiger partial charge in [0.05, 0.1) is 17.1 Å². The van der Waals surface area contributed by atoms with E-state index in [2.05, 4.69) is 60.0 Å². The monoisotopic (exact) mass is 421 g/mol. The Morgan fingerprint density at radius 1 is 1.00 bits per heavy atom. The van der Waals surface area contributed by atoms with Gasteiger partial charge in [0, 0.05) is 42.6 Å². The second kappa shape index (κ2) is 8.03. The molecule has 6 heteroatoms. The Morgan fingerprint density at radius 3 is 2.67 bits per heavy atom. The summed E-state index contributed by atoms with van der Waals surface area (Å²) >= 11 is 3.56. The van der Waals surface area contributed by atoms with Gasteiger partial charge in [0.25, 0.3) is 0 Å². The molecule has 2 aromatic carbocycles. The summed E-state index contributed by atoms with van der Waals surface area (Å²) < 4.78 is 1.04. The molecule has 1 aliphatic rings. The normalized spacial score (nSPS) is 15.5.